The monoisotopic (exact) mass is 537 g/mol. The van der Waals surface area contributed by atoms with Crippen molar-refractivity contribution in [2.24, 2.45) is 0 Å². The molecule has 1 atom stereocenters. The number of para-hydroxylation sites is 1. The number of hydrogen-bond donors (Lipinski definition) is 1. The third kappa shape index (κ3) is 6.52. The quantitative estimate of drug-likeness (QED) is 0.377. The number of nitrogens with one attached hydrogen (secondary N) is 1. The van der Waals surface area contributed by atoms with Crippen molar-refractivity contribution in [1.82, 2.24) is 10.2 Å². The van der Waals surface area contributed by atoms with E-state index in [0.717, 1.165) is 15.4 Å². The average molecular weight is 538 g/mol. The second-order valence-electron chi connectivity index (χ2n) is 8.72. The van der Waals surface area contributed by atoms with E-state index in [-0.39, 0.29) is 17.3 Å². The van der Waals surface area contributed by atoms with Crippen molar-refractivity contribution in [3.8, 4) is 5.75 Å². The van der Waals surface area contributed by atoms with Crippen LogP contribution in [0.1, 0.15) is 31.4 Å². The van der Waals surface area contributed by atoms with Crippen LogP contribution in [0.5, 0.6) is 5.75 Å². The lowest BCUT2D eigenvalue weighted by atomic mass is 10.1. The second-order valence-corrected chi connectivity index (χ2v) is 10.6. The molecule has 0 fully saturated rings. The summed E-state index contributed by atoms with van der Waals surface area (Å²) < 4.78 is 34.3. The molecule has 0 saturated heterocycles. The number of carbonyl (C=O) groups excluding carboxylic acids is 2. The summed E-state index contributed by atoms with van der Waals surface area (Å²) in [7, 11) is -1.02. The number of anilines is 1. The van der Waals surface area contributed by atoms with E-state index in [1.165, 1.54) is 24.1 Å². The van der Waals surface area contributed by atoms with Crippen LogP contribution in [0, 0.1) is 0 Å². The van der Waals surface area contributed by atoms with Crippen LogP contribution in [0.2, 0.25) is 0 Å². The number of sulfonamides is 1. The lowest BCUT2D eigenvalue weighted by Gasteiger charge is -2.33. The van der Waals surface area contributed by atoms with Gasteiger partial charge in [0.15, 0.2) is 0 Å². The molecule has 1 unspecified atom stereocenters. The maximum Gasteiger partial charge on any atom is 0.264 e. The number of ether oxygens (including phenoxy) is 1. The van der Waals surface area contributed by atoms with E-state index in [2.05, 4.69) is 5.32 Å². The van der Waals surface area contributed by atoms with Gasteiger partial charge in [-0.2, -0.15) is 0 Å². The molecule has 0 aliphatic carbocycles. The number of benzene rings is 3. The Morgan fingerprint density at radius 1 is 0.947 bits per heavy atom. The van der Waals surface area contributed by atoms with Gasteiger partial charge in [-0.15, -0.1) is 0 Å². The van der Waals surface area contributed by atoms with Crippen LogP contribution in [0.15, 0.2) is 83.8 Å². The molecule has 202 valence electrons. The third-order valence-corrected chi connectivity index (χ3v) is 8.14. The van der Waals surface area contributed by atoms with Gasteiger partial charge < -0.3 is 15.0 Å². The Balaban J connectivity index is 2.09. The van der Waals surface area contributed by atoms with E-state index in [1.54, 1.807) is 55.6 Å². The maximum absolute atomic E-state index is 14.0. The predicted octanol–water partition coefficient (Wildman–Crippen LogP) is 4.01. The third-order valence-electron chi connectivity index (χ3n) is 6.37. The molecule has 38 heavy (non-hydrogen) atoms. The van der Waals surface area contributed by atoms with Crippen LogP contribution in [-0.4, -0.2) is 51.9 Å². The van der Waals surface area contributed by atoms with Gasteiger partial charge in [-0.25, -0.2) is 8.42 Å². The minimum atomic E-state index is -4.09. The Morgan fingerprint density at radius 2 is 1.63 bits per heavy atom. The van der Waals surface area contributed by atoms with Gasteiger partial charge in [0.1, 0.15) is 18.3 Å². The van der Waals surface area contributed by atoms with E-state index in [4.69, 9.17) is 4.74 Å². The largest absolute Gasteiger partial charge is 0.497 e. The zero-order valence-corrected chi connectivity index (χ0v) is 23.1. The van der Waals surface area contributed by atoms with E-state index in [9.17, 15) is 18.0 Å². The first-order valence-corrected chi connectivity index (χ1v) is 14.0. The SMILES string of the molecule is CCc1ccccc1N(CC(=O)N(Cc1cccc(OC)c1)C(CC)C(=O)NC)S(=O)(=O)c1ccccc1. The highest BCUT2D eigenvalue weighted by atomic mass is 32.2. The second kappa shape index (κ2) is 13.1. The molecule has 0 radical (unpaired) electrons. The predicted molar refractivity (Wildman–Crippen MR) is 148 cm³/mol. The smallest absolute Gasteiger partial charge is 0.264 e. The molecule has 9 heteroatoms. The van der Waals surface area contributed by atoms with Gasteiger partial charge in [0, 0.05) is 13.6 Å². The summed E-state index contributed by atoms with van der Waals surface area (Å²) in [5, 5.41) is 2.63. The summed E-state index contributed by atoms with van der Waals surface area (Å²) >= 11 is 0. The Kier molecular flexibility index (Phi) is 9.90. The van der Waals surface area contributed by atoms with Crippen LogP contribution in [0.4, 0.5) is 5.69 Å². The molecule has 3 aromatic carbocycles. The number of carbonyl (C=O) groups is 2. The molecule has 0 bridgehead atoms. The summed E-state index contributed by atoms with van der Waals surface area (Å²) in [4.78, 5) is 28.3. The average Bonchev–Trinajstić information content (AvgIpc) is 2.95. The number of likely N-dealkylation sites (N-methyl/N-ethyl adjacent to an activating group) is 1. The highest BCUT2D eigenvalue weighted by Crippen LogP contribution is 2.28. The first-order chi connectivity index (χ1) is 18.3. The lowest BCUT2D eigenvalue weighted by Crippen LogP contribution is -2.51. The van der Waals surface area contributed by atoms with Gasteiger partial charge in [-0.1, -0.05) is 62.4 Å². The van der Waals surface area contributed by atoms with Gasteiger partial charge in [-0.3, -0.25) is 13.9 Å². The van der Waals surface area contributed by atoms with Crippen molar-refractivity contribution < 1.29 is 22.7 Å². The summed E-state index contributed by atoms with van der Waals surface area (Å²) in [5.41, 5.74) is 1.98. The molecular formula is C29H35N3O5S. The van der Waals surface area contributed by atoms with Gasteiger partial charge in [-0.05, 0) is 54.3 Å². The fourth-order valence-corrected chi connectivity index (χ4v) is 5.81. The molecule has 0 aliphatic rings. The van der Waals surface area contributed by atoms with Gasteiger partial charge >= 0.3 is 0 Å². The highest BCUT2D eigenvalue weighted by Gasteiger charge is 2.34. The minimum absolute atomic E-state index is 0.0800. The maximum atomic E-state index is 14.0. The Bertz CT molecular complexity index is 1350. The number of rotatable bonds is 12. The van der Waals surface area contributed by atoms with Gasteiger partial charge in [0.2, 0.25) is 11.8 Å². The molecule has 1 N–H and O–H groups in total. The minimum Gasteiger partial charge on any atom is -0.497 e. The molecule has 3 rings (SSSR count). The fraction of sp³-hybridized carbons (Fsp3) is 0.310. The van der Waals surface area contributed by atoms with Crippen molar-refractivity contribution >= 4 is 27.5 Å². The van der Waals surface area contributed by atoms with Crippen molar-refractivity contribution in [1.29, 1.82) is 0 Å². The summed E-state index contributed by atoms with van der Waals surface area (Å²) in [6.07, 6.45) is 0.931. The fourth-order valence-electron chi connectivity index (χ4n) is 4.34. The van der Waals surface area contributed by atoms with Crippen molar-refractivity contribution in [2.75, 3.05) is 25.0 Å². The summed E-state index contributed by atoms with van der Waals surface area (Å²) in [5.74, 6) is -0.197. The number of aryl methyl sites for hydroxylation is 1. The van der Waals surface area contributed by atoms with Crippen molar-refractivity contribution in [2.45, 2.75) is 44.2 Å². The normalized spacial score (nSPS) is 11.9. The number of methoxy groups -OCH3 is 1. The Labute approximate surface area is 225 Å². The van der Waals surface area contributed by atoms with Gasteiger partial charge in [0.05, 0.1) is 17.7 Å². The molecular weight excluding hydrogens is 502 g/mol. The number of nitrogens with zero attached hydrogens (tertiary/aromatic N) is 2. The zero-order chi connectivity index (χ0) is 27.7. The number of amides is 2. The molecule has 0 saturated carbocycles. The first kappa shape index (κ1) is 28.7. The zero-order valence-electron chi connectivity index (χ0n) is 22.3. The molecule has 2 amide bonds. The van der Waals surface area contributed by atoms with E-state index in [1.807, 2.05) is 32.0 Å². The Morgan fingerprint density at radius 3 is 2.26 bits per heavy atom. The highest BCUT2D eigenvalue weighted by molar-refractivity contribution is 7.92. The Hall–Kier alpha value is -3.85. The molecule has 0 aromatic heterocycles. The lowest BCUT2D eigenvalue weighted by molar-refractivity contribution is -0.140. The van der Waals surface area contributed by atoms with E-state index in [0.29, 0.717) is 24.3 Å². The van der Waals surface area contributed by atoms with Gasteiger partial charge in [0.25, 0.3) is 10.0 Å². The van der Waals surface area contributed by atoms with Crippen LogP contribution < -0.4 is 14.4 Å². The topological polar surface area (TPSA) is 96.0 Å². The van der Waals surface area contributed by atoms with Crippen LogP contribution in [-0.2, 0) is 32.6 Å². The standard InChI is InChI=1S/C29H35N3O5S/c1-5-23-14-10-11-18-27(23)32(38(35,36)25-16-8-7-9-17-25)21-28(33)31(26(6-2)29(34)30-3)20-22-13-12-15-24(19-22)37-4/h7-19,26H,5-6,20-21H2,1-4H3,(H,30,34). The number of hydrogen-bond acceptors (Lipinski definition) is 5. The summed E-state index contributed by atoms with van der Waals surface area (Å²) in [6.45, 7) is 3.39. The molecule has 0 spiro atoms. The molecule has 0 heterocycles. The van der Waals surface area contributed by atoms with E-state index >= 15 is 0 Å². The van der Waals surface area contributed by atoms with Crippen LogP contribution >= 0.6 is 0 Å². The van der Waals surface area contributed by atoms with E-state index < -0.39 is 28.5 Å². The molecule has 8 nitrogen and oxygen atoms in total. The first-order valence-electron chi connectivity index (χ1n) is 12.6. The summed E-state index contributed by atoms with van der Waals surface area (Å²) in [6, 6.07) is 21.6. The van der Waals surface area contributed by atoms with Crippen molar-refractivity contribution in [3.05, 3.63) is 90.0 Å². The molecule has 0 aliphatic heterocycles. The van der Waals surface area contributed by atoms with Crippen LogP contribution in [0.3, 0.4) is 0 Å². The van der Waals surface area contributed by atoms with Crippen molar-refractivity contribution in [3.63, 3.8) is 0 Å². The molecule has 3 aromatic rings. The van der Waals surface area contributed by atoms with Crippen LogP contribution in [0.25, 0.3) is 0 Å².